The molecular formula is C10H16N2O3S. The van der Waals surface area contributed by atoms with Crippen molar-refractivity contribution in [2.75, 3.05) is 11.5 Å². The van der Waals surface area contributed by atoms with Crippen LogP contribution in [0.5, 0.6) is 0 Å². The van der Waals surface area contributed by atoms with Gasteiger partial charge in [-0.25, -0.2) is 0 Å². The number of nitrogen functional groups attached to an aromatic ring is 2. The van der Waals surface area contributed by atoms with Gasteiger partial charge in [-0.15, -0.1) is 0 Å². The van der Waals surface area contributed by atoms with Crippen LogP contribution in [0.15, 0.2) is 18.2 Å². The Bertz CT molecular complexity index is 471. The molecular weight excluding hydrogens is 228 g/mol. The minimum absolute atomic E-state index is 0.312. The normalized spacial score (nSPS) is 13.6. The molecule has 1 aromatic rings. The van der Waals surface area contributed by atoms with Gasteiger partial charge in [0.2, 0.25) is 0 Å². The average molecular weight is 244 g/mol. The number of nitrogens with two attached hydrogens (primary N) is 2. The van der Waals surface area contributed by atoms with Crippen molar-refractivity contribution in [2.24, 2.45) is 0 Å². The van der Waals surface area contributed by atoms with Crippen LogP contribution in [0.25, 0.3) is 0 Å². The highest BCUT2D eigenvalue weighted by atomic mass is 32.2. The number of anilines is 2. The van der Waals surface area contributed by atoms with Crippen LogP contribution < -0.4 is 11.5 Å². The molecule has 5 N–H and O–H groups in total. The van der Waals surface area contributed by atoms with Gasteiger partial charge in [0.25, 0.3) is 10.1 Å². The molecule has 1 atom stereocenters. The molecule has 0 saturated heterocycles. The van der Waals surface area contributed by atoms with Crippen LogP contribution in [0.4, 0.5) is 11.4 Å². The Morgan fingerprint density at radius 2 is 2.00 bits per heavy atom. The summed E-state index contributed by atoms with van der Waals surface area (Å²) in [6.07, 6.45) is 0.936. The quantitative estimate of drug-likeness (QED) is 0.550. The van der Waals surface area contributed by atoms with Crippen LogP contribution in [0, 0.1) is 0 Å². The lowest BCUT2D eigenvalue weighted by molar-refractivity contribution is 0.463. The van der Waals surface area contributed by atoms with Gasteiger partial charge in [-0.05, 0) is 30.2 Å². The first-order chi connectivity index (χ1) is 7.36. The summed E-state index contributed by atoms with van der Waals surface area (Å²) in [6, 6.07) is 4.62. The number of benzene rings is 1. The van der Waals surface area contributed by atoms with E-state index in [0.717, 1.165) is 0 Å². The molecule has 0 aliphatic carbocycles. The molecule has 0 aromatic heterocycles. The van der Waals surface area contributed by atoms with Gasteiger partial charge >= 0.3 is 0 Å². The van der Waals surface area contributed by atoms with Crippen LogP contribution in [-0.4, -0.2) is 13.0 Å². The van der Waals surface area contributed by atoms with Gasteiger partial charge in [0.1, 0.15) is 5.25 Å². The fraction of sp³-hybridized carbons (Fsp3) is 0.400. The Hall–Kier alpha value is -1.27. The zero-order valence-corrected chi connectivity index (χ0v) is 9.87. The van der Waals surface area contributed by atoms with E-state index in [1.54, 1.807) is 12.1 Å². The van der Waals surface area contributed by atoms with E-state index in [2.05, 4.69) is 0 Å². The van der Waals surface area contributed by atoms with Gasteiger partial charge in [-0.3, -0.25) is 4.55 Å². The van der Waals surface area contributed by atoms with Gasteiger partial charge in [0.15, 0.2) is 0 Å². The van der Waals surface area contributed by atoms with Crippen molar-refractivity contribution in [3.05, 3.63) is 23.8 Å². The summed E-state index contributed by atoms with van der Waals surface area (Å²) in [7, 11) is -4.15. The van der Waals surface area contributed by atoms with Gasteiger partial charge in [0.05, 0.1) is 0 Å². The molecule has 1 rings (SSSR count). The summed E-state index contributed by atoms with van der Waals surface area (Å²) in [4.78, 5) is 0. The van der Waals surface area contributed by atoms with Crippen molar-refractivity contribution in [1.29, 1.82) is 0 Å². The van der Waals surface area contributed by atoms with Crippen molar-refractivity contribution in [1.82, 2.24) is 0 Å². The van der Waals surface area contributed by atoms with Crippen molar-refractivity contribution in [3.8, 4) is 0 Å². The molecule has 0 aliphatic heterocycles. The van der Waals surface area contributed by atoms with Crippen LogP contribution in [-0.2, 0) is 10.1 Å². The Morgan fingerprint density at radius 3 is 2.50 bits per heavy atom. The second-order valence-electron chi connectivity index (χ2n) is 3.68. The third-order valence-corrected chi connectivity index (χ3v) is 3.58. The number of hydrogen-bond acceptors (Lipinski definition) is 4. The molecule has 0 bridgehead atoms. The number of rotatable bonds is 4. The van der Waals surface area contributed by atoms with Crippen molar-refractivity contribution in [3.63, 3.8) is 0 Å². The van der Waals surface area contributed by atoms with Crippen LogP contribution in [0.3, 0.4) is 0 Å². The topological polar surface area (TPSA) is 106 Å². The fourth-order valence-electron chi connectivity index (χ4n) is 1.60. The van der Waals surface area contributed by atoms with E-state index in [4.69, 9.17) is 16.0 Å². The molecule has 0 heterocycles. The Labute approximate surface area is 95.2 Å². The van der Waals surface area contributed by atoms with E-state index >= 15 is 0 Å². The molecule has 6 heteroatoms. The molecule has 0 spiro atoms. The molecule has 0 aliphatic rings. The van der Waals surface area contributed by atoms with E-state index in [0.29, 0.717) is 29.8 Å². The van der Waals surface area contributed by atoms with Gasteiger partial charge in [-0.2, -0.15) is 8.42 Å². The molecule has 0 radical (unpaired) electrons. The lowest BCUT2D eigenvalue weighted by atomic mass is 10.1. The lowest BCUT2D eigenvalue weighted by Crippen LogP contribution is -2.14. The Morgan fingerprint density at radius 1 is 1.38 bits per heavy atom. The number of hydrogen-bond donors (Lipinski definition) is 3. The molecule has 90 valence electrons. The first kappa shape index (κ1) is 12.8. The Kier molecular flexibility index (Phi) is 3.77. The predicted octanol–water partition coefficient (Wildman–Crippen LogP) is 1.58. The minimum atomic E-state index is -4.15. The summed E-state index contributed by atoms with van der Waals surface area (Å²) in [5.41, 5.74) is 12.4. The first-order valence-electron chi connectivity index (χ1n) is 4.97. The SMILES string of the molecule is CCCC(c1cc(N)ccc1N)S(=O)(=O)O. The highest BCUT2D eigenvalue weighted by Gasteiger charge is 2.26. The summed E-state index contributed by atoms with van der Waals surface area (Å²) < 4.78 is 31.6. The largest absolute Gasteiger partial charge is 0.399 e. The zero-order chi connectivity index (χ0) is 12.3. The molecule has 0 amide bonds. The van der Waals surface area contributed by atoms with E-state index in [9.17, 15) is 8.42 Å². The summed E-state index contributed by atoms with van der Waals surface area (Å²) >= 11 is 0. The molecule has 5 nitrogen and oxygen atoms in total. The highest BCUT2D eigenvalue weighted by molar-refractivity contribution is 7.86. The van der Waals surface area contributed by atoms with Crippen molar-refractivity contribution >= 4 is 21.5 Å². The maximum Gasteiger partial charge on any atom is 0.272 e. The van der Waals surface area contributed by atoms with E-state index < -0.39 is 15.4 Å². The summed E-state index contributed by atoms with van der Waals surface area (Å²) in [5, 5.41) is -0.999. The van der Waals surface area contributed by atoms with E-state index in [1.807, 2.05) is 6.92 Å². The van der Waals surface area contributed by atoms with Crippen LogP contribution in [0.1, 0.15) is 30.6 Å². The van der Waals surface area contributed by atoms with Gasteiger partial charge in [0, 0.05) is 11.4 Å². The minimum Gasteiger partial charge on any atom is -0.399 e. The molecule has 16 heavy (non-hydrogen) atoms. The van der Waals surface area contributed by atoms with Gasteiger partial charge in [-0.1, -0.05) is 13.3 Å². The Balaban J connectivity index is 3.26. The fourth-order valence-corrected chi connectivity index (χ4v) is 2.66. The van der Waals surface area contributed by atoms with Crippen LogP contribution >= 0.6 is 0 Å². The summed E-state index contributed by atoms with van der Waals surface area (Å²) in [6.45, 7) is 1.83. The van der Waals surface area contributed by atoms with Crippen molar-refractivity contribution in [2.45, 2.75) is 25.0 Å². The molecule has 1 aromatic carbocycles. The van der Waals surface area contributed by atoms with Gasteiger partial charge < -0.3 is 11.5 Å². The molecule has 0 saturated carbocycles. The summed E-state index contributed by atoms with van der Waals surface area (Å²) in [5.74, 6) is 0. The maximum absolute atomic E-state index is 11.2. The third-order valence-electron chi connectivity index (χ3n) is 2.37. The second-order valence-corrected chi connectivity index (χ2v) is 5.28. The molecule has 0 fully saturated rings. The van der Waals surface area contributed by atoms with Crippen molar-refractivity contribution < 1.29 is 13.0 Å². The monoisotopic (exact) mass is 244 g/mol. The zero-order valence-electron chi connectivity index (χ0n) is 9.05. The predicted molar refractivity (Wildman–Crippen MR) is 64.5 cm³/mol. The van der Waals surface area contributed by atoms with E-state index in [-0.39, 0.29) is 0 Å². The molecule has 1 unspecified atom stereocenters. The second kappa shape index (κ2) is 4.71. The maximum atomic E-state index is 11.2. The van der Waals surface area contributed by atoms with E-state index in [1.165, 1.54) is 6.07 Å². The lowest BCUT2D eigenvalue weighted by Gasteiger charge is -2.16. The first-order valence-corrected chi connectivity index (χ1v) is 6.47. The highest BCUT2D eigenvalue weighted by Crippen LogP contribution is 2.32. The van der Waals surface area contributed by atoms with Crippen LogP contribution in [0.2, 0.25) is 0 Å². The average Bonchev–Trinajstić information content (AvgIpc) is 2.17. The smallest absolute Gasteiger partial charge is 0.272 e. The standard InChI is InChI=1S/C10H16N2O3S/c1-2-3-10(16(13,14)15)8-6-7(11)4-5-9(8)12/h4-6,10H,2-3,11-12H2,1H3,(H,13,14,15). The third kappa shape index (κ3) is 2.86.